The van der Waals surface area contributed by atoms with E-state index in [1.54, 1.807) is 6.92 Å². The van der Waals surface area contributed by atoms with E-state index in [4.69, 9.17) is 4.74 Å². The van der Waals surface area contributed by atoms with Gasteiger partial charge in [-0.05, 0) is 13.3 Å². The maximum absolute atomic E-state index is 12.7. The molecule has 0 saturated heterocycles. The molecule has 1 aromatic rings. The van der Waals surface area contributed by atoms with Gasteiger partial charge in [-0.1, -0.05) is 5.21 Å². The third kappa shape index (κ3) is 2.32. The molecule has 0 N–H and O–H groups in total. The van der Waals surface area contributed by atoms with E-state index < -0.39 is 18.1 Å². The Kier molecular flexibility index (Phi) is 3.27. The van der Waals surface area contributed by atoms with Gasteiger partial charge < -0.3 is 4.74 Å². The molecule has 1 aliphatic rings. The van der Waals surface area contributed by atoms with E-state index >= 15 is 0 Å². The van der Waals surface area contributed by atoms with Gasteiger partial charge in [0.25, 0.3) is 0 Å². The Bertz CT molecular complexity index is 456. The smallest absolute Gasteiger partial charge is 0.392 e. The number of fused-ring (bicyclic) bond motifs is 1. The van der Waals surface area contributed by atoms with Gasteiger partial charge in [0.15, 0.2) is 5.69 Å². The highest BCUT2D eigenvalue weighted by atomic mass is 19.4. The fourth-order valence-corrected chi connectivity index (χ4v) is 1.97. The molecule has 1 unspecified atom stereocenters. The summed E-state index contributed by atoms with van der Waals surface area (Å²) in [4.78, 5) is 11.5. The van der Waals surface area contributed by atoms with E-state index in [1.165, 1.54) is 4.68 Å². The summed E-state index contributed by atoms with van der Waals surface area (Å²) in [5.74, 6) is -2.17. The summed E-state index contributed by atoms with van der Waals surface area (Å²) in [6, 6.07) is 0. The minimum atomic E-state index is -4.26. The Morgan fingerprint density at radius 3 is 2.89 bits per heavy atom. The van der Waals surface area contributed by atoms with Gasteiger partial charge in [-0.2, -0.15) is 13.2 Å². The number of rotatable bonds is 2. The van der Waals surface area contributed by atoms with Crippen LogP contribution in [0.5, 0.6) is 0 Å². The number of halogens is 3. The molecule has 0 bridgehead atoms. The first kappa shape index (κ1) is 12.8. The average molecular weight is 263 g/mol. The van der Waals surface area contributed by atoms with Crippen LogP contribution >= 0.6 is 0 Å². The van der Waals surface area contributed by atoms with E-state index in [1.807, 2.05) is 0 Å². The Labute approximate surface area is 101 Å². The molecular formula is C10H12F3N3O2. The fraction of sp³-hybridized carbons (Fsp3) is 0.700. The van der Waals surface area contributed by atoms with Gasteiger partial charge in [-0.15, -0.1) is 5.10 Å². The summed E-state index contributed by atoms with van der Waals surface area (Å²) in [5.41, 5.74) is 0.104. The van der Waals surface area contributed by atoms with E-state index in [0.717, 1.165) is 0 Å². The monoisotopic (exact) mass is 263 g/mol. The molecule has 2 heterocycles. The van der Waals surface area contributed by atoms with Crippen LogP contribution in [0, 0.1) is 5.92 Å². The Morgan fingerprint density at radius 1 is 1.56 bits per heavy atom. The van der Waals surface area contributed by atoms with E-state index in [9.17, 15) is 18.0 Å². The molecule has 5 nitrogen and oxygen atoms in total. The molecule has 1 aromatic heterocycles. The van der Waals surface area contributed by atoms with Crippen molar-refractivity contribution in [2.45, 2.75) is 32.5 Å². The van der Waals surface area contributed by atoms with Crippen molar-refractivity contribution < 1.29 is 22.7 Å². The van der Waals surface area contributed by atoms with Crippen molar-refractivity contribution in [3.63, 3.8) is 0 Å². The zero-order chi connectivity index (χ0) is 13.3. The van der Waals surface area contributed by atoms with Crippen LogP contribution in [0.1, 0.15) is 29.5 Å². The van der Waals surface area contributed by atoms with Crippen LogP contribution in [0.3, 0.4) is 0 Å². The highest BCUT2D eigenvalue weighted by molar-refractivity contribution is 5.88. The summed E-state index contributed by atoms with van der Waals surface area (Å²) < 4.78 is 44.0. The van der Waals surface area contributed by atoms with Gasteiger partial charge in [0.2, 0.25) is 0 Å². The minimum absolute atomic E-state index is 0.0396. The summed E-state index contributed by atoms with van der Waals surface area (Å²) in [5, 5.41) is 7.28. The molecule has 0 radical (unpaired) electrons. The number of carbonyl (C=O) groups excluding carboxylic acids is 1. The average Bonchev–Trinajstić information content (AvgIpc) is 2.70. The Balaban J connectivity index is 2.24. The molecule has 18 heavy (non-hydrogen) atoms. The van der Waals surface area contributed by atoms with Gasteiger partial charge in [0.1, 0.15) is 0 Å². The summed E-state index contributed by atoms with van der Waals surface area (Å²) >= 11 is 0. The molecular weight excluding hydrogens is 251 g/mol. The van der Waals surface area contributed by atoms with Crippen molar-refractivity contribution in [1.82, 2.24) is 15.0 Å². The summed E-state index contributed by atoms with van der Waals surface area (Å²) in [7, 11) is 0. The quantitative estimate of drug-likeness (QED) is 0.760. The summed E-state index contributed by atoms with van der Waals surface area (Å²) in [6.07, 6.45) is -4.58. The lowest BCUT2D eigenvalue weighted by atomic mass is 9.94. The number of aryl methyl sites for hydroxylation is 1. The van der Waals surface area contributed by atoms with Crippen molar-refractivity contribution in [1.29, 1.82) is 0 Å². The van der Waals surface area contributed by atoms with Crippen molar-refractivity contribution in [2.24, 2.45) is 5.92 Å². The van der Waals surface area contributed by atoms with Crippen molar-refractivity contribution in [2.75, 3.05) is 6.61 Å². The van der Waals surface area contributed by atoms with Crippen LogP contribution in [0.15, 0.2) is 0 Å². The fourth-order valence-electron chi connectivity index (χ4n) is 1.97. The zero-order valence-corrected chi connectivity index (χ0v) is 9.70. The second kappa shape index (κ2) is 4.58. The van der Waals surface area contributed by atoms with Crippen LogP contribution in [0.25, 0.3) is 0 Å². The molecule has 0 aliphatic carbocycles. The van der Waals surface area contributed by atoms with Crippen LogP contribution in [-0.2, 0) is 17.7 Å². The summed E-state index contributed by atoms with van der Waals surface area (Å²) in [6.45, 7) is 1.88. The SMILES string of the molecule is CCOC(=O)c1nnn2c1CC(C(F)(F)F)CC2. The predicted octanol–water partition coefficient (Wildman–Crippen LogP) is 1.58. The lowest BCUT2D eigenvalue weighted by Gasteiger charge is -2.24. The van der Waals surface area contributed by atoms with Crippen molar-refractivity contribution in [3.05, 3.63) is 11.4 Å². The minimum Gasteiger partial charge on any atom is -0.461 e. The number of alkyl halides is 3. The normalized spacial score (nSPS) is 19.4. The van der Waals surface area contributed by atoms with E-state index in [-0.39, 0.29) is 37.4 Å². The number of carbonyl (C=O) groups is 1. The second-order valence-electron chi connectivity index (χ2n) is 4.06. The van der Waals surface area contributed by atoms with Crippen LogP contribution in [0.4, 0.5) is 13.2 Å². The number of hydrogen-bond donors (Lipinski definition) is 0. The third-order valence-electron chi connectivity index (χ3n) is 2.90. The van der Waals surface area contributed by atoms with E-state index in [0.29, 0.717) is 0 Å². The largest absolute Gasteiger partial charge is 0.461 e. The van der Waals surface area contributed by atoms with Crippen LogP contribution in [0.2, 0.25) is 0 Å². The first-order chi connectivity index (χ1) is 8.43. The number of hydrogen-bond acceptors (Lipinski definition) is 4. The van der Waals surface area contributed by atoms with Crippen LogP contribution < -0.4 is 0 Å². The number of aromatic nitrogens is 3. The Hall–Kier alpha value is -1.60. The topological polar surface area (TPSA) is 57.0 Å². The molecule has 0 fully saturated rings. The molecule has 1 atom stereocenters. The van der Waals surface area contributed by atoms with Crippen molar-refractivity contribution in [3.8, 4) is 0 Å². The maximum atomic E-state index is 12.7. The number of ether oxygens (including phenoxy) is 1. The van der Waals surface area contributed by atoms with Gasteiger partial charge in [-0.25, -0.2) is 9.48 Å². The van der Waals surface area contributed by atoms with E-state index in [2.05, 4.69) is 10.3 Å². The maximum Gasteiger partial charge on any atom is 0.392 e. The zero-order valence-electron chi connectivity index (χ0n) is 9.70. The van der Waals surface area contributed by atoms with Gasteiger partial charge in [0, 0.05) is 13.0 Å². The number of nitrogens with zero attached hydrogens (tertiary/aromatic N) is 3. The molecule has 100 valence electrons. The highest BCUT2D eigenvalue weighted by Gasteiger charge is 2.43. The van der Waals surface area contributed by atoms with Gasteiger partial charge in [-0.3, -0.25) is 0 Å². The molecule has 0 spiro atoms. The highest BCUT2D eigenvalue weighted by Crippen LogP contribution is 2.35. The lowest BCUT2D eigenvalue weighted by molar-refractivity contribution is -0.179. The van der Waals surface area contributed by atoms with Gasteiger partial charge in [0.05, 0.1) is 18.2 Å². The molecule has 2 rings (SSSR count). The van der Waals surface area contributed by atoms with Crippen LogP contribution in [-0.4, -0.2) is 33.7 Å². The lowest BCUT2D eigenvalue weighted by Crippen LogP contribution is -2.32. The van der Waals surface area contributed by atoms with Gasteiger partial charge >= 0.3 is 12.1 Å². The molecule has 8 heteroatoms. The Morgan fingerprint density at radius 2 is 2.28 bits per heavy atom. The molecule has 0 saturated carbocycles. The second-order valence-corrected chi connectivity index (χ2v) is 4.06. The first-order valence-electron chi connectivity index (χ1n) is 5.59. The third-order valence-corrected chi connectivity index (χ3v) is 2.90. The first-order valence-corrected chi connectivity index (χ1v) is 5.59. The molecule has 0 aromatic carbocycles. The van der Waals surface area contributed by atoms with Crippen molar-refractivity contribution >= 4 is 5.97 Å². The standard InChI is InChI=1S/C10H12F3N3O2/c1-2-18-9(17)8-7-5-6(10(11,12)13)3-4-16(7)15-14-8/h6H,2-5H2,1H3. The molecule has 1 aliphatic heterocycles. The number of esters is 1. The predicted molar refractivity (Wildman–Crippen MR) is 53.8 cm³/mol. The molecule has 0 amide bonds.